The average Bonchev–Trinajstić information content (AvgIpc) is 2.39. The van der Waals surface area contributed by atoms with Gasteiger partial charge in [0.1, 0.15) is 5.75 Å². The molecule has 17 heavy (non-hydrogen) atoms. The Kier molecular flexibility index (Phi) is 3.05. The zero-order chi connectivity index (χ0) is 12.3. The number of anilines is 1. The number of ether oxygens (including phenoxy) is 1. The van der Waals surface area contributed by atoms with Crippen LogP contribution in [0.15, 0.2) is 43.1 Å². The number of nitrogens with one attached hydrogen (secondary N) is 1. The van der Waals surface area contributed by atoms with E-state index >= 15 is 0 Å². The molecular formula is C13H12N2O2. The number of hydrogen-bond acceptors (Lipinski definition) is 3. The third-order valence-corrected chi connectivity index (χ3v) is 2.39. The maximum Gasteiger partial charge on any atom is 0.247 e. The lowest BCUT2D eigenvalue weighted by atomic mass is 10.1. The van der Waals surface area contributed by atoms with Gasteiger partial charge < -0.3 is 10.1 Å². The molecule has 0 fully saturated rings. The molecule has 4 nitrogen and oxygen atoms in total. The molecule has 0 bridgehead atoms. The second-order valence-electron chi connectivity index (χ2n) is 3.41. The van der Waals surface area contributed by atoms with E-state index in [1.807, 2.05) is 12.1 Å². The van der Waals surface area contributed by atoms with Crippen LogP contribution in [0.25, 0.3) is 10.9 Å². The molecular weight excluding hydrogens is 216 g/mol. The summed E-state index contributed by atoms with van der Waals surface area (Å²) in [7, 11) is 1.60. The molecule has 0 saturated heterocycles. The number of fused-ring (bicyclic) bond motifs is 1. The summed E-state index contributed by atoms with van der Waals surface area (Å²) >= 11 is 0. The van der Waals surface area contributed by atoms with E-state index < -0.39 is 0 Å². The predicted octanol–water partition coefficient (Wildman–Crippen LogP) is 2.37. The van der Waals surface area contributed by atoms with Crippen molar-refractivity contribution in [2.24, 2.45) is 0 Å². The molecule has 1 N–H and O–H groups in total. The van der Waals surface area contributed by atoms with Gasteiger partial charge in [0.15, 0.2) is 0 Å². The lowest BCUT2D eigenvalue weighted by molar-refractivity contribution is -0.111. The van der Waals surface area contributed by atoms with Gasteiger partial charge in [0.25, 0.3) is 0 Å². The molecule has 0 saturated carbocycles. The van der Waals surface area contributed by atoms with Crippen molar-refractivity contribution < 1.29 is 9.53 Å². The predicted molar refractivity (Wildman–Crippen MR) is 67.1 cm³/mol. The van der Waals surface area contributed by atoms with Gasteiger partial charge in [-0.2, -0.15) is 0 Å². The number of benzene rings is 1. The summed E-state index contributed by atoms with van der Waals surface area (Å²) < 4.78 is 5.24. The molecule has 0 unspecified atom stereocenters. The van der Waals surface area contributed by atoms with Crippen LogP contribution < -0.4 is 10.1 Å². The Hall–Kier alpha value is -2.36. The number of amides is 1. The fraction of sp³-hybridized carbons (Fsp3) is 0.0769. The number of nitrogens with zero attached hydrogens (tertiary/aromatic N) is 1. The van der Waals surface area contributed by atoms with Crippen LogP contribution in [-0.2, 0) is 4.79 Å². The van der Waals surface area contributed by atoms with Crippen LogP contribution in [0.1, 0.15) is 0 Å². The summed E-state index contributed by atoms with van der Waals surface area (Å²) in [4.78, 5) is 15.5. The third-order valence-electron chi connectivity index (χ3n) is 2.39. The molecule has 2 rings (SSSR count). The number of pyridine rings is 1. The Morgan fingerprint density at radius 2 is 2.29 bits per heavy atom. The molecule has 1 aromatic heterocycles. The molecule has 1 aromatic carbocycles. The Bertz CT molecular complexity index is 579. The highest BCUT2D eigenvalue weighted by atomic mass is 16.5. The van der Waals surface area contributed by atoms with Gasteiger partial charge in [-0.05, 0) is 30.3 Å². The van der Waals surface area contributed by atoms with Gasteiger partial charge in [0.2, 0.25) is 5.91 Å². The average molecular weight is 228 g/mol. The van der Waals surface area contributed by atoms with Gasteiger partial charge in [-0.15, -0.1) is 0 Å². The zero-order valence-corrected chi connectivity index (χ0v) is 9.43. The number of aromatic nitrogens is 1. The van der Waals surface area contributed by atoms with Crippen molar-refractivity contribution >= 4 is 22.5 Å². The molecule has 86 valence electrons. The Balaban J connectivity index is 2.58. The highest BCUT2D eigenvalue weighted by Crippen LogP contribution is 2.29. The number of rotatable bonds is 3. The molecule has 4 heteroatoms. The molecule has 2 aromatic rings. The SMILES string of the molecule is C=CC(=O)Nc1ccc(OC)c2cccnc12. The van der Waals surface area contributed by atoms with Crippen LogP contribution in [0.4, 0.5) is 5.69 Å². The minimum atomic E-state index is -0.262. The van der Waals surface area contributed by atoms with E-state index in [-0.39, 0.29) is 5.91 Å². The molecule has 0 radical (unpaired) electrons. The minimum absolute atomic E-state index is 0.262. The normalized spacial score (nSPS) is 9.94. The smallest absolute Gasteiger partial charge is 0.247 e. The number of hydrogen-bond donors (Lipinski definition) is 1. The van der Waals surface area contributed by atoms with E-state index in [1.165, 1.54) is 6.08 Å². The summed E-state index contributed by atoms with van der Waals surface area (Å²) in [6.07, 6.45) is 2.89. The summed E-state index contributed by atoms with van der Waals surface area (Å²) in [6, 6.07) is 7.27. The van der Waals surface area contributed by atoms with E-state index in [9.17, 15) is 4.79 Å². The summed E-state index contributed by atoms with van der Waals surface area (Å²) in [6.45, 7) is 3.41. The Morgan fingerprint density at radius 1 is 1.47 bits per heavy atom. The van der Waals surface area contributed by atoms with Crippen molar-refractivity contribution in [3.8, 4) is 5.75 Å². The van der Waals surface area contributed by atoms with Crippen LogP contribution in [0.2, 0.25) is 0 Å². The van der Waals surface area contributed by atoms with Crippen molar-refractivity contribution in [1.82, 2.24) is 4.98 Å². The molecule has 0 aliphatic carbocycles. The molecule has 0 spiro atoms. The maximum atomic E-state index is 11.3. The first-order valence-corrected chi connectivity index (χ1v) is 5.11. The molecule has 0 aliphatic rings. The second kappa shape index (κ2) is 4.65. The van der Waals surface area contributed by atoms with Crippen LogP contribution in [0, 0.1) is 0 Å². The highest BCUT2D eigenvalue weighted by molar-refractivity contribution is 6.05. The Morgan fingerprint density at radius 3 is 3.00 bits per heavy atom. The fourth-order valence-electron chi connectivity index (χ4n) is 1.61. The number of carbonyl (C=O) groups excluding carboxylic acids is 1. The van der Waals surface area contributed by atoms with Crippen LogP contribution in [0.3, 0.4) is 0 Å². The first-order valence-electron chi connectivity index (χ1n) is 5.11. The minimum Gasteiger partial charge on any atom is -0.496 e. The molecule has 0 aliphatic heterocycles. The number of carbonyl (C=O) groups is 1. The molecule has 0 atom stereocenters. The van der Waals surface area contributed by atoms with Crippen molar-refractivity contribution in [3.05, 3.63) is 43.1 Å². The van der Waals surface area contributed by atoms with Crippen molar-refractivity contribution in [3.63, 3.8) is 0 Å². The second-order valence-corrected chi connectivity index (χ2v) is 3.41. The van der Waals surface area contributed by atoms with Gasteiger partial charge in [-0.25, -0.2) is 0 Å². The third kappa shape index (κ3) is 2.10. The fourth-order valence-corrected chi connectivity index (χ4v) is 1.61. The monoisotopic (exact) mass is 228 g/mol. The zero-order valence-electron chi connectivity index (χ0n) is 9.43. The van der Waals surface area contributed by atoms with Crippen molar-refractivity contribution in [1.29, 1.82) is 0 Å². The largest absolute Gasteiger partial charge is 0.496 e. The van der Waals surface area contributed by atoms with E-state index in [2.05, 4.69) is 16.9 Å². The molecule has 1 heterocycles. The standard InChI is InChI=1S/C13H12N2O2/c1-3-12(16)15-10-6-7-11(17-2)9-5-4-8-14-13(9)10/h3-8H,1H2,2H3,(H,15,16). The number of methoxy groups -OCH3 is 1. The van der Waals surface area contributed by atoms with Gasteiger partial charge in [-0.3, -0.25) is 9.78 Å². The maximum absolute atomic E-state index is 11.3. The van der Waals surface area contributed by atoms with E-state index in [4.69, 9.17) is 4.74 Å². The van der Waals surface area contributed by atoms with Crippen LogP contribution in [0.5, 0.6) is 5.75 Å². The quantitative estimate of drug-likeness (QED) is 0.820. The van der Waals surface area contributed by atoms with Gasteiger partial charge >= 0.3 is 0 Å². The highest BCUT2D eigenvalue weighted by Gasteiger charge is 2.08. The van der Waals surface area contributed by atoms with Gasteiger partial charge in [0, 0.05) is 11.6 Å². The lowest BCUT2D eigenvalue weighted by Gasteiger charge is -2.09. The van der Waals surface area contributed by atoms with Crippen LogP contribution in [-0.4, -0.2) is 18.0 Å². The van der Waals surface area contributed by atoms with E-state index in [1.54, 1.807) is 25.4 Å². The lowest BCUT2D eigenvalue weighted by Crippen LogP contribution is -2.08. The van der Waals surface area contributed by atoms with Crippen molar-refractivity contribution in [2.45, 2.75) is 0 Å². The van der Waals surface area contributed by atoms with Crippen LogP contribution >= 0.6 is 0 Å². The summed E-state index contributed by atoms with van der Waals surface area (Å²) in [5, 5.41) is 3.57. The Labute approximate surface area is 98.9 Å². The van der Waals surface area contributed by atoms with E-state index in [0.29, 0.717) is 11.2 Å². The van der Waals surface area contributed by atoms with Gasteiger partial charge in [-0.1, -0.05) is 6.58 Å². The first kappa shape index (κ1) is 11.1. The van der Waals surface area contributed by atoms with Crippen molar-refractivity contribution in [2.75, 3.05) is 12.4 Å². The van der Waals surface area contributed by atoms with E-state index in [0.717, 1.165) is 11.1 Å². The topological polar surface area (TPSA) is 51.2 Å². The van der Waals surface area contributed by atoms with Gasteiger partial charge in [0.05, 0.1) is 18.3 Å². The molecule has 1 amide bonds. The summed E-state index contributed by atoms with van der Waals surface area (Å²) in [5.41, 5.74) is 1.34. The first-order chi connectivity index (χ1) is 8.26. The summed E-state index contributed by atoms with van der Waals surface area (Å²) in [5.74, 6) is 0.465.